The van der Waals surface area contributed by atoms with Crippen molar-refractivity contribution in [2.75, 3.05) is 37.3 Å². The van der Waals surface area contributed by atoms with Gasteiger partial charge in [0, 0.05) is 38.6 Å². The Labute approximate surface area is 142 Å². The molecule has 0 amide bonds. The molecule has 0 aromatic carbocycles. The van der Waals surface area contributed by atoms with Gasteiger partial charge in [0.15, 0.2) is 0 Å². The van der Waals surface area contributed by atoms with Gasteiger partial charge in [-0.1, -0.05) is 0 Å². The average Bonchev–Trinajstić information content (AvgIpc) is 3.05. The molecule has 0 spiro atoms. The number of nitrogens with zero attached hydrogens (tertiary/aromatic N) is 4. The molecule has 0 saturated carbocycles. The van der Waals surface area contributed by atoms with Crippen molar-refractivity contribution in [1.82, 2.24) is 14.3 Å². The van der Waals surface area contributed by atoms with E-state index in [1.165, 1.54) is 6.26 Å². The van der Waals surface area contributed by atoms with Crippen LogP contribution in [0.25, 0.3) is 0 Å². The largest absolute Gasteiger partial charge is 0.490 e. The van der Waals surface area contributed by atoms with Gasteiger partial charge in [-0.2, -0.15) is 13.2 Å². The van der Waals surface area contributed by atoms with Crippen LogP contribution in [-0.2, 0) is 14.8 Å². The Balaban J connectivity index is 0.000000277. The van der Waals surface area contributed by atoms with E-state index in [-0.39, 0.29) is 0 Å². The summed E-state index contributed by atoms with van der Waals surface area (Å²) < 4.78 is 56.3. The van der Waals surface area contributed by atoms with E-state index in [0.717, 1.165) is 19.0 Å². The first kappa shape index (κ1) is 19.4. The Morgan fingerprint density at radius 3 is 1.96 bits per heavy atom. The van der Waals surface area contributed by atoms with Gasteiger partial charge in [0.1, 0.15) is 0 Å². The lowest BCUT2D eigenvalue weighted by Crippen LogP contribution is -2.33. The van der Waals surface area contributed by atoms with Crippen molar-refractivity contribution < 1.29 is 31.5 Å². The van der Waals surface area contributed by atoms with E-state index in [9.17, 15) is 21.6 Å². The summed E-state index contributed by atoms with van der Waals surface area (Å²) >= 11 is 0. The summed E-state index contributed by atoms with van der Waals surface area (Å²) in [6.07, 6.45) is -0.329. The molecule has 3 rings (SSSR count). The molecule has 140 valence electrons. The minimum Gasteiger partial charge on any atom is -0.475 e. The highest BCUT2D eigenvalue weighted by molar-refractivity contribution is 7.88. The van der Waals surface area contributed by atoms with E-state index in [0.29, 0.717) is 24.9 Å². The first-order valence-electron chi connectivity index (χ1n) is 7.25. The van der Waals surface area contributed by atoms with Gasteiger partial charge in [-0.15, -0.1) is 0 Å². The number of carboxylic acids is 1. The maximum Gasteiger partial charge on any atom is 0.490 e. The molecule has 2 aliphatic rings. The van der Waals surface area contributed by atoms with Gasteiger partial charge in [-0.3, -0.25) is 0 Å². The quantitative estimate of drug-likeness (QED) is 0.791. The number of fused-ring (bicyclic) bond motifs is 1. The van der Waals surface area contributed by atoms with E-state index in [2.05, 4.69) is 14.9 Å². The van der Waals surface area contributed by atoms with Crippen LogP contribution < -0.4 is 4.90 Å². The lowest BCUT2D eigenvalue weighted by molar-refractivity contribution is -0.192. The minimum atomic E-state index is -5.08. The van der Waals surface area contributed by atoms with Gasteiger partial charge < -0.3 is 10.0 Å². The zero-order valence-corrected chi connectivity index (χ0v) is 14.0. The second kappa shape index (κ2) is 7.12. The normalized spacial score (nSPS) is 23.8. The molecule has 2 aliphatic heterocycles. The zero-order chi connectivity index (χ0) is 18.8. The van der Waals surface area contributed by atoms with Crippen LogP contribution in [-0.4, -0.2) is 72.4 Å². The standard InChI is InChI=1S/C11H16N4O2S.C2HF3O2/c1-18(16,17)15-7-9-5-14(6-10(9)8-15)11-12-3-2-4-13-11;3-2(4,5)1(6)7/h2-4,9-10H,5-8H2,1H3;(H,6,7). The van der Waals surface area contributed by atoms with Crippen LogP contribution in [0.3, 0.4) is 0 Å². The Morgan fingerprint density at radius 2 is 1.60 bits per heavy atom. The van der Waals surface area contributed by atoms with Crippen molar-refractivity contribution >= 4 is 21.9 Å². The zero-order valence-electron chi connectivity index (χ0n) is 13.2. The second-order valence-corrected chi connectivity index (χ2v) is 7.84. The number of hydrogen-bond acceptors (Lipinski definition) is 6. The van der Waals surface area contributed by atoms with Crippen LogP contribution in [0.5, 0.6) is 0 Å². The molecular weight excluding hydrogens is 365 g/mol. The van der Waals surface area contributed by atoms with Crippen LogP contribution >= 0.6 is 0 Å². The van der Waals surface area contributed by atoms with E-state index in [1.807, 2.05) is 0 Å². The summed E-state index contributed by atoms with van der Waals surface area (Å²) in [6.45, 7) is 2.96. The molecule has 2 atom stereocenters. The first-order chi connectivity index (χ1) is 11.5. The Hall–Kier alpha value is -1.95. The highest BCUT2D eigenvalue weighted by atomic mass is 32.2. The third kappa shape index (κ3) is 5.01. The lowest BCUT2D eigenvalue weighted by Gasteiger charge is -2.19. The van der Waals surface area contributed by atoms with Gasteiger partial charge in [-0.05, 0) is 17.9 Å². The van der Waals surface area contributed by atoms with Crippen molar-refractivity contribution in [3.63, 3.8) is 0 Å². The summed E-state index contributed by atoms with van der Waals surface area (Å²) in [5.74, 6) is -1.20. The van der Waals surface area contributed by atoms with E-state index in [1.54, 1.807) is 22.8 Å². The fourth-order valence-electron chi connectivity index (χ4n) is 2.84. The molecule has 25 heavy (non-hydrogen) atoms. The SMILES string of the molecule is CS(=O)(=O)N1CC2CN(c3ncccn3)CC2C1.O=C(O)C(F)(F)F. The third-order valence-corrected chi connectivity index (χ3v) is 5.24. The number of sulfonamides is 1. The van der Waals surface area contributed by atoms with Crippen LogP contribution in [0.4, 0.5) is 19.1 Å². The van der Waals surface area contributed by atoms with Crippen molar-refractivity contribution in [3.8, 4) is 0 Å². The third-order valence-electron chi connectivity index (χ3n) is 4.00. The number of halogens is 3. The number of alkyl halides is 3. The molecule has 0 bridgehead atoms. The van der Waals surface area contributed by atoms with Gasteiger partial charge in [0.25, 0.3) is 0 Å². The van der Waals surface area contributed by atoms with E-state index < -0.39 is 22.2 Å². The maximum absolute atomic E-state index is 11.5. The van der Waals surface area contributed by atoms with Crippen molar-refractivity contribution in [2.45, 2.75) is 6.18 Å². The van der Waals surface area contributed by atoms with Crippen LogP contribution in [0.2, 0.25) is 0 Å². The summed E-state index contributed by atoms with van der Waals surface area (Å²) in [7, 11) is -3.04. The van der Waals surface area contributed by atoms with Crippen LogP contribution in [0, 0.1) is 11.8 Å². The molecule has 1 aromatic rings. The van der Waals surface area contributed by atoms with Gasteiger partial charge >= 0.3 is 12.1 Å². The van der Waals surface area contributed by atoms with Crippen LogP contribution in [0.15, 0.2) is 18.5 Å². The molecule has 2 fully saturated rings. The number of anilines is 1. The summed E-state index contributed by atoms with van der Waals surface area (Å²) in [6, 6.07) is 1.80. The highest BCUT2D eigenvalue weighted by Crippen LogP contribution is 2.33. The fraction of sp³-hybridized carbons (Fsp3) is 0.615. The molecule has 2 saturated heterocycles. The summed E-state index contributed by atoms with van der Waals surface area (Å²) in [5.41, 5.74) is 0. The van der Waals surface area contributed by atoms with Gasteiger partial charge in [0.2, 0.25) is 16.0 Å². The molecule has 0 radical (unpaired) electrons. The van der Waals surface area contributed by atoms with Crippen molar-refractivity contribution in [3.05, 3.63) is 18.5 Å². The van der Waals surface area contributed by atoms with Crippen LogP contribution in [0.1, 0.15) is 0 Å². The fourth-order valence-corrected chi connectivity index (χ4v) is 3.76. The predicted molar refractivity (Wildman–Crippen MR) is 81.3 cm³/mol. The van der Waals surface area contributed by atoms with Crippen molar-refractivity contribution in [2.24, 2.45) is 11.8 Å². The monoisotopic (exact) mass is 382 g/mol. The average molecular weight is 382 g/mol. The molecule has 12 heteroatoms. The molecular formula is C13H17F3N4O4S. The first-order valence-corrected chi connectivity index (χ1v) is 9.10. The second-order valence-electron chi connectivity index (χ2n) is 5.86. The smallest absolute Gasteiger partial charge is 0.475 e. The molecule has 1 N–H and O–H groups in total. The van der Waals surface area contributed by atoms with Crippen molar-refractivity contribution in [1.29, 1.82) is 0 Å². The number of aromatic nitrogens is 2. The molecule has 8 nitrogen and oxygen atoms in total. The number of carboxylic acid groups (broad SMARTS) is 1. The Morgan fingerprint density at radius 1 is 1.16 bits per heavy atom. The molecule has 3 heterocycles. The minimum absolute atomic E-state index is 0.406. The van der Waals surface area contributed by atoms with E-state index in [4.69, 9.17) is 9.90 Å². The number of hydrogen-bond donors (Lipinski definition) is 1. The van der Waals surface area contributed by atoms with Gasteiger partial charge in [-0.25, -0.2) is 27.5 Å². The highest BCUT2D eigenvalue weighted by Gasteiger charge is 2.43. The number of rotatable bonds is 2. The summed E-state index contributed by atoms with van der Waals surface area (Å²) in [4.78, 5) is 19.5. The summed E-state index contributed by atoms with van der Waals surface area (Å²) in [5, 5.41) is 7.12. The number of carbonyl (C=O) groups is 1. The molecule has 1 aromatic heterocycles. The van der Waals surface area contributed by atoms with Gasteiger partial charge in [0.05, 0.1) is 6.26 Å². The number of aliphatic carboxylic acids is 1. The Kier molecular flexibility index (Phi) is 5.52. The topological polar surface area (TPSA) is 104 Å². The predicted octanol–water partition coefficient (Wildman–Crippen LogP) is 0.437. The molecule has 2 unspecified atom stereocenters. The molecule has 0 aliphatic carbocycles. The lowest BCUT2D eigenvalue weighted by atomic mass is 10.0. The van der Waals surface area contributed by atoms with E-state index >= 15 is 0 Å². The Bertz CT molecular complexity index is 700. The maximum atomic E-state index is 11.5.